The highest BCUT2D eigenvalue weighted by Gasteiger charge is 2.47. The van der Waals surface area contributed by atoms with Gasteiger partial charge >= 0.3 is 5.97 Å². The van der Waals surface area contributed by atoms with Crippen LogP contribution in [0.15, 0.2) is 120 Å². The van der Waals surface area contributed by atoms with E-state index in [2.05, 4.69) is 11.0 Å². The first-order valence-electron chi connectivity index (χ1n) is 14.6. The van der Waals surface area contributed by atoms with Crippen LogP contribution in [0.5, 0.6) is 0 Å². The Morgan fingerprint density at radius 3 is 2.00 bits per heavy atom. The van der Waals surface area contributed by atoms with Crippen molar-refractivity contribution in [3.05, 3.63) is 132 Å². The van der Waals surface area contributed by atoms with Crippen LogP contribution in [0.4, 0.5) is 5.69 Å². The van der Waals surface area contributed by atoms with Crippen LogP contribution in [-0.2, 0) is 25.3 Å². The summed E-state index contributed by atoms with van der Waals surface area (Å²) in [5.41, 5.74) is 1.79. The van der Waals surface area contributed by atoms with Crippen LogP contribution < -0.4 is 5.06 Å². The second-order valence-corrected chi connectivity index (χ2v) is 12.1. The molecule has 4 aromatic carbocycles. The van der Waals surface area contributed by atoms with Gasteiger partial charge in [-0.1, -0.05) is 103 Å². The fourth-order valence-corrected chi connectivity index (χ4v) is 7.16. The summed E-state index contributed by atoms with van der Waals surface area (Å²) in [5, 5.41) is 11.8. The van der Waals surface area contributed by atoms with E-state index in [0.29, 0.717) is 44.6 Å². The molecule has 216 valence electrons. The Balaban J connectivity index is 1.23. The largest absolute Gasteiger partial charge is 0.343 e. The molecule has 0 aliphatic carbocycles. The molecule has 2 aliphatic rings. The first kappa shape index (κ1) is 28.7. The summed E-state index contributed by atoms with van der Waals surface area (Å²) in [6.07, 6.45) is 1.71. The number of rotatable bonds is 8. The summed E-state index contributed by atoms with van der Waals surface area (Å²) in [7, 11) is 0. The molecule has 0 aromatic heterocycles. The van der Waals surface area contributed by atoms with Crippen molar-refractivity contribution in [2.24, 2.45) is 0 Å². The van der Waals surface area contributed by atoms with Gasteiger partial charge in [-0.25, -0.2) is 4.79 Å². The first-order chi connectivity index (χ1) is 21.1. The molecule has 0 radical (unpaired) electrons. The van der Waals surface area contributed by atoms with E-state index in [1.165, 1.54) is 16.8 Å². The highest BCUT2D eigenvalue weighted by Crippen LogP contribution is 2.41. The second-order valence-electron chi connectivity index (χ2n) is 11.1. The van der Waals surface area contributed by atoms with Gasteiger partial charge in [0.05, 0.1) is 22.9 Å². The molecule has 0 spiro atoms. The zero-order valence-corrected chi connectivity index (χ0v) is 24.7. The molecular weight excluding hydrogens is 554 g/mol. The van der Waals surface area contributed by atoms with E-state index < -0.39 is 16.8 Å². The number of benzene rings is 4. The van der Waals surface area contributed by atoms with Crippen molar-refractivity contribution >= 4 is 29.3 Å². The standard InChI is InChI=1S/C36H33N3O3S/c37-27-36(29-14-6-2-7-15-29,30-16-8-3-9-17-30)22-25-38-23-20-35(21-24-38,28-12-4-1-5-13-28)34(41)42-39-31-18-10-11-19-32(31)43-26-33(39)40/h1-19H,20-26H2. The Morgan fingerprint density at radius 2 is 1.40 bits per heavy atom. The number of nitriles is 1. The first-order valence-corrected chi connectivity index (χ1v) is 15.6. The lowest BCUT2D eigenvalue weighted by molar-refractivity contribution is -0.158. The molecule has 1 amide bonds. The van der Waals surface area contributed by atoms with Crippen LogP contribution in [0.25, 0.3) is 0 Å². The number of piperidine rings is 1. The molecular formula is C36H33N3O3S. The maximum Gasteiger partial charge on any atom is 0.343 e. The third kappa shape index (κ3) is 5.56. The van der Waals surface area contributed by atoms with Crippen molar-refractivity contribution in [1.82, 2.24) is 4.90 Å². The lowest BCUT2D eigenvalue weighted by Crippen LogP contribution is -2.51. The third-order valence-electron chi connectivity index (χ3n) is 8.79. The zero-order valence-electron chi connectivity index (χ0n) is 23.9. The molecule has 43 heavy (non-hydrogen) atoms. The maximum absolute atomic E-state index is 14.1. The van der Waals surface area contributed by atoms with E-state index in [1.54, 1.807) is 0 Å². The normalized spacial score (nSPS) is 16.6. The topological polar surface area (TPSA) is 73.6 Å². The Morgan fingerprint density at radius 1 is 0.837 bits per heavy atom. The number of hydrogen-bond acceptors (Lipinski definition) is 6. The summed E-state index contributed by atoms with van der Waals surface area (Å²) in [6.45, 7) is 2.03. The van der Waals surface area contributed by atoms with Gasteiger partial charge in [0.25, 0.3) is 5.91 Å². The zero-order chi connectivity index (χ0) is 29.7. The number of para-hydroxylation sites is 1. The molecule has 7 heteroatoms. The molecule has 0 saturated carbocycles. The average Bonchev–Trinajstić information content (AvgIpc) is 3.08. The molecule has 0 unspecified atom stereocenters. The number of carbonyl (C=O) groups excluding carboxylic acids is 2. The van der Waals surface area contributed by atoms with Crippen molar-refractivity contribution in [3.8, 4) is 6.07 Å². The molecule has 0 atom stereocenters. The minimum Gasteiger partial charge on any atom is -0.332 e. The fourth-order valence-electron chi connectivity index (χ4n) is 6.29. The molecule has 2 heterocycles. The van der Waals surface area contributed by atoms with E-state index in [9.17, 15) is 14.9 Å². The number of hydrogen-bond donors (Lipinski definition) is 0. The Bertz CT molecular complexity index is 1570. The Labute approximate surface area is 256 Å². The summed E-state index contributed by atoms with van der Waals surface area (Å²) < 4.78 is 0. The number of nitrogens with zero attached hydrogens (tertiary/aromatic N) is 3. The number of amides is 1. The van der Waals surface area contributed by atoms with E-state index >= 15 is 0 Å². The van der Waals surface area contributed by atoms with Crippen molar-refractivity contribution < 1.29 is 14.4 Å². The lowest BCUT2D eigenvalue weighted by Gasteiger charge is -2.42. The molecule has 2 aliphatic heterocycles. The Kier molecular flexibility index (Phi) is 8.33. The summed E-state index contributed by atoms with van der Waals surface area (Å²) in [4.78, 5) is 36.2. The summed E-state index contributed by atoms with van der Waals surface area (Å²) in [6, 6.07) is 39.9. The van der Waals surface area contributed by atoms with Gasteiger partial charge in [0.1, 0.15) is 5.41 Å². The van der Waals surface area contributed by atoms with E-state index in [4.69, 9.17) is 4.84 Å². The monoisotopic (exact) mass is 587 g/mol. The van der Waals surface area contributed by atoms with Gasteiger partial charge in [0, 0.05) is 11.4 Å². The quantitative estimate of drug-likeness (QED) is 0.234. The van der Waals surface area contributed by atoms with Gasteiger partial charge < -0.3 is 9.74 Å². The van der Waals surface area contributed by atoms with E-state index in [0.717, 1.165) is 21.6 Å². The van der Waals surface area contributed by atoms with Gasteiger partial charge in [-0.2, -0.15) is 5.26 Å². The SMILES string of the molecule is N#CC(CCN1CCC(C(=O)ON2C(=O)CSc3ccccc32)(c2ccccc2)CC1)(c1ccccc1)c1ccccc1. The van der Waals surface area contributed by atoms with Crippen LogP contribution >= 0.6 is 11.8 Å². The van der Waals surface area contributed by atoms with Crippen molar-refractivity contribution in [1.29, 1.82) is 5.26 Å². The van der Waals surface area contributed by atoms with Gasteiger partial charge in [-0.05, 0) is 61.2 Å². The lowest BCUT2D eigenvalue weighted by atomic mass is 9.71. The van der Waals surface area contributed by atoms with E-state index in [1.807, 2.05) is 115 Å². The smallest absolute Gasteiger partial charge is 0.332 e. The summed E-state index contributed by atoms with van der Waals surface area (Å²) in [5.74, 6) is -0.430. The van der Waals surface area contributed by atoms with Gasteiger partial charge in [0.15, 0.2) is 0 Å². The van der Waals surface area contributed by atoms with Crippen molar-refractivity contribution in [2.45, 2.75) is 35.0 Å². The maximum atomic E-state index is 14.1. The third-order valence-corrected chi connectivity index (χ3v) is 9.84. The van der Waals surface area contributed by atoms with Crippen LogP contribution in [0.3, 0.4) is 0 Å². The van der Waals surface area contributed by atoms with Crippen LogP contribution in [0.1, 0.15) is 36.0 Å². The Hall–Kier alpha value is -4.38. The van der Waals surface area contributed by atoms with Gasteiger partial charge in [0.2, 0.25) is 0 Å². The number of anilines is 1. The molecule has 1 saturated heterocycles. The van der Waals surface area contributed by atoms with E-state index in [-0.39, 0.29) is 11.7 Å². The number of thioether (sulfide) groups is 1. The summed E-state index contributed by atoms with van der Waals surface area (Å²) >= 11 is 1.45. The van der Waals surface area contributed by atoms with Crippen molar-refractivity contribution in [2.75, 3.05) is 30.5 Å². The highest BCUT2D eigenvalue weighted by molar-refractivity contribution is 8.00. The predicted octanol–water partition coefficient (Wildman–Crippen LogP) is 6.52. The fraction of sp³-hybridized carbons (Fsp3) is 0.250. The number of hydroxylamine groups is 1. The van der Waals surface area contributed by atoms with Crippen LogP contribution in [-0.4, -0.2) is 42.2 Å². The van der Waals surface area contributed by atoms with Crippen LogP contribution in [0.2, 0.25) is 0 Å². The highest BCUT2D eigenvalue weighted by atomic mass is 32.2. The molecule has 4 aromatic rings. The minimum atomic E-state index is -0.886. The molecule has 1 fully saturated rings. The van der Waals surface area contributed by atoms with Crippen molar-refractivity contribution in [3.63, 3.8) is 0 Å². The molecule has 0 N–H and O–H groups in total. The molecule has 6 rings (SSSR count). The molecule has 0 bridgehead atoms. The van der Waals surface area contributed by atoms with Gasteiger partial charge in [-0.3, -0.25) is 4.79 Å². The number of carbonyl (C=O) groups is 2. The number of likely N-dealkylation sites (tertiary alicyclic amines) is 1. The van der Waals surface area contributed by atoms with Gasteiger partial charge in [-0.15, -0.1) is 16.8 Å². The molecule has 6 nitrogen and oxygen atoms in total. The number of fused-ring (bicyclic) bond motifs is 1. The second kappa shape index (κ2) is 12.5. The predicted molar refractivity (Wildman–Crippen MR) is 168 cm³/mol. The average molecular weight is 588 g/mol. The minimum absolute atomic E-state index is 0.222. The van der Waals surface area contributed by atoms with Crippen LogP contribution in [0, 0.1) is 11.3 Å².